The van der Waals surface area contributed by atoms with Crippen LogP contribution in [0.4, 0.5) is 4.39 Å². The van der Waals surface area contributed by atoms with Gasteiger partial charge in [0.2, 0.25) is 11.9 Å². The van der Waals surface area contributed by atoms with Crippen LogP contribution in [0, 0.1) is 17.8 Å². The van der Waals surface area contributed by atoms with Gasteiger partial charge in [0, 0.05) is 13.1 Å². The fraction of sp³-hybridized carbons (Fsp3) is 0.920. The van der Waals surface area contributed by atoms with Crippen LogP contribution < -0.4 is 16.4 Å². The molecule has 34 heavy (non-hydrogen) atoms. The molecule has 0 aromatic heterocycles. The van der Waals surface area contributed by atoms with Crippen LogP contribution in [0.1, 0.15) is 71.1 Å². The first kappa shape index (κ1) is 24.8. The first-order chi connectivity index (χ1) is 16.5. The Bertz CT molecular complexity index is 762. The molecule has 5 unspecified atom stereocenters. The topological polar surface area (TPSA) is 86.0 Å². The van der Waals surface area contributed by atoms with E-state index in [-0.39, 0.29) is 23.4 Å². The van der Waals surface area contributed by atoms with Crippen LogP contribution in [0.2, 0.25) is 0 Å². The Balaban J connectivity index is 1.19. The van der Waals surface area contributed by atoms with Crippen LogP contribution >= 0.6 is 11.8 Å². The lowest BCUT2D eigenvalue weighted by atomic mass is 9.76. The van der Waals surface area contributed by atoms with Crippen molar-refractivity contribution in [3.8, 4) is 0 Å². The summed E-state index contributed by atoms with van der Waals surface area (Å²) in [6.07, 6.45) is 9.72. The largest absolute Gasteiger partial charge is 0.321 e. The van der Waals surface area contributed by atoms with E-state index in [1.54, 1.807) is 4.90 Å². The summed E-state index contributed by atoms with van der Waals surface area (Å²) in [5.41, 5.74) is 6.83. The van der Waals surface area contributed by atoms with Crippen molar-refractivity contribution in [2.75, 3.05) is 19.3 Å². The molecular formula is C25H43FN6OS. The maximum Gasteiger partial charge on any atom is 0.238 e. The summed E-state index contributed by atoms with van der Waals surface area (Å²) >= 11 is 1.81. The Labute approximate surface area is 208 Å². The predicted molar refractivity (Wildman–Crippen MR) is 136 cm³/mol. The summed E-state index contributed by atoms with van der Waals surface area (Å²) in [6, 6.07) is 0.995. The number of alkyl halides is 1. The molecule has 9 heteroatoms. The Morgan fingerprint density at radius 1 is 1.18 bits per heavy atom. The van der Waals surface area contributed by atoms with E-state index in [1.165, 1.54) is 32.1 Å². The number of carbonyl (C=O) groups excluding carboxylic acids is 1. The average molecular weight is 495 g/mol. The molecule has 7 atom stereocenters. The Kier molecular flexibility index (Phi) is 7.73. The molecule has 0 spiro atoms. The van der Waals surface area contributed by atoms with Gasteiger partial charge in [0.25, 0.3) is 0 Å². The molecule has 3 heterocycles. The number of guanidine groups is 1. The number of hydrogen-bond donors (Lipinski definition) is 3. The number of fused-ring (bicyclic) bond motifs is 3. The molecule has 0 aromatic rings. The molecule has 3 aliphatic heterocycles. The van der Waals surface area contributed by atoms with Crippen molar-refractivity contribution in [1.29, 1.82) is 0 Å². The molecule has 192 valence electrons. The summed E-state index contributed by atoms with van der Waals surface area (Å²) in [5, 5.41) is 6.98. The van der Waals surface area contributed by atoms with Gasteiger partial charge in [0.15, 0.2) is 6.30 Å². The lowest BCUT2D eigenvalue weighted by molar-refractivity contribution is -0.136. The number of nitrogens with one attached hydrogen (secondary N) is 2. The summed E-state index contributed by atoms with van der Waals surface area (Å²) < 4.78 is 13.8. The minimum atomic E-state index is -0.819. The second kappa shape index (κ2) is 10.6. The van der Waals surface area contributed by atoms with E-state index in [0.717, 1.165) is 43.9 Å². The number of nitrogens with zero attached hydrogens (tertiary/aromatic N) is 3. The third-order valence-corrected chi connectivity index (χ3v) is 10.2. The number of thioether (sulfide) groups is 1. The second-order valence-electron chi connectivity index (χ2n) is 11.1. The maximum atomic E-state index is 13.8. The number of amides is 1. The average Bonchev–Trinajstić information content (AvgIpc) is 3.43. The lowest BCUT2D eigenvalue weighted by Gasteiger charge is -2.46. The van der Waals surface area contributed by atoms with Crippen LogP contribution in [0.3, 0.4) is 0 Å². The zero-order valence-corrected chi connectivity index (χ0v) is 21.6. The summed E-state index contributed by atoms with van der Waals surface area (Å²) in [6.45, 7) is 3.07. The minimum Gasteiger partial charge on any atom is -0.321 e. The van der Waals surface area contributed by atoms with Gasteiger partial charge in [0.1, 0.15) is 0 Å². The van der Waals surface area contributed by atoms with Gasteiger partial charge in [-0.1, -0.05) is 6.92 Å². The summed E-state index contributed by atoms with van der Waals surface area (Å²) in [5.74, 6) is 2.75. The number of aliphatic imine (C=N–C) groups is 1. The molecule has 4 N–H and O–H groups in total. The zero-order chi connectivity index (χ0) is 23.8. The van der Waals surface area contributed by atoms with Crippen LogP contribution in [-0.4, -0.2) is 77.0 Å². The van der Waals surface area contributed by atoms with Crippen LogP contribution in [0.25, 0.3) is 0 Å². The first-order valence-electron chi connectivity index (χ1n) is 13.6. The van der Waals surface area contributed by atoms with E-state index in [0.29, 0.717) is 36.4 Å². The van der Waals surface area contributed by atoms with Crippen LogP contribution in [0.5, 0.6) is 0 Å². The van der Waals surface area contributed by atoms with E-state index >= 15 is 0 Å². The van der Waals surface area contributed by atoms with E-state index < -0.39 is 6.30 Å². The number of nitrogens with two attached hydrogens (primary N) is 1. The second-order valence-corrected chi connectivity index (χ2v) is 12.5. The van der Waals surface area contributed by atoms with E-state index in [1.807, 2.05) is 18.8 Å². The van der Waals surface area contributed by atoms with Gasteiger partial charge in [-0.05, 0) is 88.3 Å². The van der Waals surface area contributed by atoms with Crippen molar-refractivity contribution in [3.63, 3.8) is 0 Å². The molecular weight excluding hydrogens is 451 g/mol. The van der Waals surface area contributed by atoms with Crippen molar-refractivity contribution in [1.82, 2.24) is 20.4 Å². The van der Waals surface area contributed by atoms with Crippen molar-refractivity contribution in [3.05, 3.63) is 0 Å². The molecule has 1 amide bonds. The van der Waals surface area contributed by atoms with Gasteiger partial charge in [-0.15, -0.1) is 11.8 Å². The molecule has 7 nitrogen and oxygen atoms in total. The molecule has 2 saturated carbocycles. The fourth-order valence-corrected chi connectivity index (χ4v) is 8.22. The minimum absolute atomic E-state index is 0.00184. The van der Waals surface area contributed by atoms with E-state index in [2.05, 4.69) is 22.5 Å². The van der Waals surface area contributed by atoms with Crippen molar-refractivity contribution in [2.24, 2.45) is 28.5 Å². The normalized spacial score (nSPS) is 41.3. The lowest BCUT2D eigenvalue weighted by Crippen LogP contribution is -2.68. The third-order valence-electron chi connectivity index (χ3n) is 9.03. The van der Waals surface area contributed by atoms with Crippen LogP contribution in [-0.2, 0) is 4.79 Å². The highest BCUT2D eigenvalue weighted by Gasteiger charge is 2.53. The number of hydrogen-bond acceptors (Lipinski definition) is 7. The van der Waals surface area contributed by atoms with Gasteiger partial charge >= 0.3 is 0 Å². The van der Waals surface area contributed by atoms with Gasteiger partial charge in [-0.3, -0.25) is 15.0 Å². The molecule has 4 fully saturated rings. The number of halogens is 1. The predicted octanol–water partition coefficient (Wildman–Crippen LogP) is 2.87. The van der Waals surface area contributed by atoms with Gasteiger partial charge in [-0.25, -0.2) is 9.38 Å². The molecule has 2 saturated heterocycles. The quantitative estimate of drug-likeness (QED) is 0.373. The van der Waals surface area contributed by atoms with Gasteiger partial charge in [-0.2, -0.15) is 0 Å². The number of carbonyl (C=O) groups is 1. The monoisotopic (exact) mass is 494 g/mol. The molecule has 0 aromatic carbocycles. The smallest absolute Gasteiger partial charge is 0.238 e. The highest BCUT2D eigenvalue weighted by atomic mass is 32.2. The van der Waals surface area contributed by atoms with E-state index in [9.17, 15) is 9.18 Å². The van der Waals surface area contributed by atoms with Gasteiger partial charge < -0.3 is 16.0 Å². The molecule has 2 aliphatic carbocycles. The summed E-state index contributed by atoms with van der Waals surface area (Å²) in [7, 11) is 1.87. The van der Waals surface area contributed by atoms with Crippen molar-refractivity contribution < 1.29 is 9.18 Å². The first-order valence-corrected chi connectivity index (χ1v) is 14.7. The molecule has 5 rings (SSSR count). The Morgan fingerprint density at radius 2 is 1.94 bits per heavy atom. The van der Waals surface area contributed by atoms with Crippen LogP contribution in [0.15, 0.2) is 4.99 Å². The van der Waals surface area contributed by atoms with Gasteiger partial charge in [0.05, 0.1) is 29.5 Å². The number of piperidine rings is 1. The molecule has 0 radical (unpaired) electrons. The highest BCUT2D eigenvalue weighted by Crippen LogP contribution is 2.39. The Hall–Kier alpha value is -0.900. The van der Waals surface area contributed by atoms with E-state index in [4.69, 9.17) is 10.7 Å². The summed E-state index contributed by atoms with van der Waals surface area (Å²) in [4.78, 5) is 22.4. The third kappa shape index (κ3) is 4.74. The molecule has 5 aliphatic rings. The zero-order valence-electron chi connectivity index (χ0n) is 20.8. The number of rotatable bonds is 7. The SMILES string of the molecule is CCSC(NCC1CCC(C2CCCC(F)N2)CC1)C1C(=O)N(C)C2=N[C@@H]3CCC[C@@H]3N2C1N. The molecule has 0 bridgehead atoms. The Morgan fingerprint density at radius 3 is 2.68 bits per heavy atom. The maximum absolute atomic E-state index is 13.8. The fourth-order valence-electron chi connectivity index (χ4n) is 7.16. The van der Waals surface area contributed by atoms with Crippen molar-refractivity contribution in [2.45, 2.75) is 107 Å². The highest BCUT2D eigenvalue weighted by molar-refractivity contribution is 7.99. The van der Waals surface area contributed by atoms with Crippen molar-refractivity contribution >= 4 is 23.6 Å². The standard InChI is InChI=1S/C25H43FN6OS/c1-3-34-23(28-14-15-10-12-16(13-11-15)17-6-5-9-20(26)29-17)21-22(27)32-19-8-4-7-18(19)30-25(32)31(2)24(21)33/h15-23,28-29H,3-14,27H2,1-2H3/t15?,16?,17?,18-,19+,20?,21?,22?,23?/m1/s1.